The normalized spacial score (nSPS) is 12.1. The number of nitrogens with zero attached hydrogens (tertiary/aromatic N) is 2. The molecular weight excluding hydrogens is 324 g/mol. The Morgan fingerprint density at radius 3 is 2.62 bits per heavy atom. The summed E-state index contributed by atoms with van der Waals surface area (Å²) in [6, 6.07) is 11.5. The quantitative estimate of drug-likeness (QED) is 0.720. The van der Waals surface area contributed by atoms with Crippen LogP contribution in [0.15, 0.2) is 55.0 Å². The van der Waals surface area contributed by atoms with Crippen molar-refractivity contribution in [1.29, 1.82) is 0 Å². The first kappa shape index (κ1) is 16.3. The van der Waals surface area contributed by atoms with Crippen LogP contribution in [0.4, 0.5) is 0 Å². The van der Waals surface area contributed by atoms with E-state index in [1.807, 2.05) is 60.3 Å². The molecule has 24 heavy (non-hydrogen) atoms. The number of rotatable bonds is 6. The third-order valence-electron chi connectivity index (χ3n) is 4.03. The molecule has 0 unspecified atom stereocenters. The van der Waals surface area contributed by atoms with Crippen molar-refractivity contribution < 1.29 is 4.79 Å². The molecule has 3 rings (SSSR count). The predicted octanol–water partition coefficient (Wildman–Crippen LogP) is 3.47. The average Bonchev–Trinajstić information content (AvgIpc) is 3.23. The van der Waals surface area contributed by atoms with Gasteiger partial charge in [-0.1, -0.05) is 23.7 Å². The van der Waals surface area contributed by atoms with Crippen molar-refractivity contribution in [2.24, 2.45) is 0 Å². The summed E-state index contributed by atoms with van der Waals surface area (Å²) in [5, 5.41) is 10.5. The molecule has 2 aromatic heterocycles. The SMILES string of the molecule is Cc1[nH]ncc1CNC(=O)C[C@@H](c1ccc(Cl)cc1)n1cccc1. The zero-order valence-corrected chi connectivity index (χ0v) is 14.1. The standard InChI is InChI=1S/C18H19ClN4O/c1-13-15(12-21-22-13)11-20-18(24)10-17(23-8-2-3-9-23)14-4-6-16(19)7-5-14/h2-9,12,17H,10-11H2,1H3,(H,20,24)(H,21,22)/t17-/m0/s1. The molecule has 0 spiro atoms. The Kier molecular flexibility index (Phi) is 5.01. The molecule has 1 atom stereocenters. The van der Waals surface area contributed by atoms with Gasteiger partial charge in [0.1, 0.15) is 0 Å². The summed E-state index contributed by atoms with van der Waals surface area (Å²) in [6.07, 6.45) is 6.02. The zero-order valence-electron chi connectivity index (χ0n) is 13.4. The van der Waals surface area contributed by atoms with Crippen LogP contribution in [0.2, 0.25) is 5.02 Å². The molecule has 0 radical (unpaired) electrons. The lowest BCUT2D eigenvalue weighted by Crippen LogP contribution is -2.26. The third kappa shape index (κ3) is 3.86. The highest BCUT2D eigenvalue weighted by atomic mass is 35.5. The topological polar surface area (TPSA) is 62.7 Å². The maximum Gasteiger partial charge on any atom is 0.222 e. The molecule has 1 amide bonds. The number of halogens is 1. The van der Waals surface area contributed by atoms with Gasteiger partial charge in [0.2, 0.25) is 5.91 Å². The molecule has 2 heterocycles. The second-order valence-electron chi connectivity index (χ2n) is 5.70. The van der Waals surface area contributed by atoms with E-state index in [0.717, 1.165) is 16.8 Å². The van der Waals surface area contributed by atoms with Crippen molar-refractivity contribution in [3.8, 4) is 0 Å². The van der Waals surface area contributed by atoms with E-state index >= 15 is 0 Å². The van der Waals surface area contributed by atoms with Crippen LogP contribution in [0.25, 0.3) is 0 Å². The Hall–Kier alpha value is -2.53. The lowest BCUT2D eigenvalue weighted by molar-refractivity contribution is -0.121. The second-order valence-corrected chi connectivity index (χ2v) is 6.14. The number of aromatic amines is 1. The number of carbonyl (C=O) groups is 1. The molecule has 0 bridgehead atoms. The Bertz CT molecular complexity index is 793. The highest BCUT2D eigenvalue weighted by Gasteiger charge is 2.17. The number of carbonyl (C=O) groups excluding carboxylic acids is 1. The van der Waals surface area contributed by atoms with Gasteiger partial charge >= 0.3 is 0 Å². The maximum atomic E-state index is 12.4. The van der Waals surface area contributed by atoms with Crippen molar-refractivity contribution >= 4 is 17.5 Å². The monoisotopic (exact) mass is 342 g/mol. The number of nitrogens with one attached hydrogen (secondary N) is 2. The lowest BCUT2D eigenvalue weighted by Gasteiger charge is -2.19. The van der Waals surface area contributed by atoms with E-state index in [0.29, 0.717) is 18.0 Å². The van der Waals surface area contributed by atoms with Gasteiger partial charge in [0, 0.05) is 35.2 Å². The molecule has 3 aromatic rings. The van der Waals surface area contributed by atoms with Crippen LogP contribution in [0.3, 0.4) is 0 Å². The first-order valence-corrected chi connectivity index (χ1v) is 8.15. The smallest absolute Gasteiger partial charge is 0.222 e. The zero-order chi connectivity index (χ0) is 16.9. The molecule has 0 saturated heterocycles. The van der Waals surface area contributed by atoms with Gasteiger partial charge in [-0.2, -0.15) is 5.10 Å². The summed E-state index contributed by atoms with van der Waals surface area (Å²) >= 11 is 5.97. The summed E-state index contributed by atoms with van der Waals surface area (Å²) in [6.45, 7) is 2.41. The Morgan fingerprint density at radius 1 is 1.29 bits per heavy atom. The number of hydrogen-bond donors (Lipinski definition) is 2. The van der Waals surface area contributed by atoms with E-state index in [2.05, 4.69) is 15.5 Å². The van der Waals surface area contributed by atoms with E-state index < -0.39 is 0 Å². The van der Waals surface area contributed by atoms with Crippen molar-refractivity contribution in [3.63, 3.8) is 0 Å². The number of hydrogen-bond acceptors (Lipinski definition) is 2. The molecule has 0 saturated carbocycles. The Labute approximate surface area is 145 Å². The first-order chi connectivity index (χ1) is 11.6. The number of benzene rings is 1. The summed E-state index contributed by atoms with van der Waals surface area (Å²) < 4.78 is 2.03. The Morgan fingerprint density at radius 2 is 2.00 bits per heavy atom. The van der Waals surface area contributed by atoms with Gasteiger partial charge in [-0.15, -0.1) is 0 Å². The minimum atomic E-state index is -0.0669. The van der Waals surface area contributed by atoms with Crippen LogP contribution in [0.5, 0.6) is 0 Å². The van der Waals surface area contributed by atoms with Gasteiger partial charge in [-0.25, -0.2) is 0 Å². The molecule has 0 aliphatic carbocycles. The molecule has 0 aliphatic heterocycles. The number of aromatic nitrogens is 3. The fourth-order valence-corrected chi connectivity index (χ4v) is 2.76. The molecular formula is C18H19ClN4O. The first-order valence-electron chi connectivity index (χ1n) is 7.77. The molecule has 6 heteroatoms. The van der Waals surface area contributed by atoms with Crippen molar-refractivity contribution in [1.82, 2.24) is 20.1 Å². The molecule has 124 valence electrons. The second kappa shape index (κ2) is 7.36. The minimum absolute atomic E-state index is 0.00995. The third-order valence-corrected chi connectivity index (χ3v) is 4.28. The van der Waals surface area contributed by atoms with Gasteiger partial charge in [0.05, 0.1) is 18.7 Å². The minimum Gasteiger partial charge on any atom is -0.352 e. The van der Waals surface area contributed by atoms with Gasteiger partial charge < -0.3 is 9.88 Å². The Balaban J connectivity index is 1.71. The van der Waals surface area contributed by atoms with Gasteiger partial charge in [0.15, 0.2) is 0 Å². The van der Waals surface area contributed by atoms with Crippen LogP contribution in [-0.4, -0.2) is 20.7 Å². The molecule has 2 N–H and O–H groups in total. The van der Waals surface area contributed by atoms with Gasteiger partial charge in [-0.05, 0) is 36.8 Å². The van der Waals surface area contributed by atoms with Crippen LogP contribution in [0.1, 0.15) is 29.3 Å². The van der Waals surface area contributed by atoms with E-state index in [1.54, 1.807) is 6.20 Å². The fourth-order valence-electron chi connectivity index (χ4n) is 2.63. The number of amides is 1. The fraction of sp³-hybridized carbons (Fsp3) is 0.222. The van der Waals surface area contributed by atoms with Gasteiger partial charge in [0.25, 0.3) is 0 Å². The van der Waals surface area contributed by atoms with Crippen LogP contribution < -0.4 is 5.32 Å². The van der Waals surface area contributed by atoms with Crippen molar-refractivity contribution in [2.45, 2.75) is 25.9 Å². The van der Waals surface area contributed by atoms with Crippen LogP contribution in [-0.2, 0) is 11.3 Å². The summed E-state index contributed by atoms with van der Waals surface area (Å²) in [5.74, 6) is -0.00995. The predicted molar refractivity (Wildman–Crippen MR) is 93.8 cm³/mol. The molecule has 0 aliphatic rings. The van der Waals surface area contributed by atoms with Crippen LogP contribution in [0, 0.1) is 6.92 Å². The summed E-state index contributed by atoms with van der Waals surface area (Å²) in [5.41, 5.74) is 3.01. The lowest BCUT2D eigenvalue weighted by atomic mass is 10.0. The van der Waals surface area contributed by atoms with E-state index in [9.17, 15) is 4.79 Å². The number of aryl methyl sites for hydroxylation is 1. The van der Waals surface area contributed by atoms with Gasteiger partial charge in [-0.3, -0.25) is 9.89 Å². The highest BCUT2D eigenvalue weighted by Crippen LogP contribution is 2.24. The van der Waals surface area contributed by atoms with E-state index in [-0.39, 0.29) is 11.9 Å². The molecule has 0 fully saturated rings. The van der Waals surface area contributed by atoms with E-state index in [1.165, 1.54) is 0 Å². The molecule has 1 aromatic carbocycles. The number of H-pyrrole nitrogens is 1. The highest BCUT2D eigenvalue weighted by molar-refractivity contribution is 6.30. The van der Waals surface area contributed by atoms with Crippen molar-refractivity contribution in [3.05, 3.63) is 76.8 Å². The summed E-state index contributed by atoms with van der Waals surface area (Å²) in [7, 11) is 0. The largest absolute Gasteiger partial charge is 0.352 e. The summed E-state index contributed by atoms with van der Waals surface area (Å²) in [4.78, 5) is 12.4. The average molecular weight is 343 g/mol. The van der Waals surface area contributed by atoms with Crippen molar-refractivity contribution in [2.75, 3.05) is 0 Å². The molecule has 5 nitrogen and oxygen atoms in total. The van der Waals surface area contributed by atoms with Crippen LogP contribution >= 0.6 is 11.6 Å². The maximum absolute atomic E-state index is 12.4. The van der Waals surface area contributed by atoms with E-state index in [4.69, 9.17) is 11.6 Å².